The van der Waals surface area contributed by atoms with Crippen LogP contribution >= 0.6 is 11.8 Å². The molecule has 5 N–H and O–H groups in total. The first kappa shape index (κ1) is 29.5. The number of aliphatic imine (C=N–C) groups is 1. The second kappa shape index (κ2) is 12.9. The topological polar surface area (TPSA) is 106 Å². The van der Waals surface area contributed by atoms with E-state index < -0.39 is 12.1 Å². The minimum Gasteiger partial charge on any atom is -0.378 e. The van der Waals surface area contributed by atoms with Crippen LogP contribution < -0.4 is 21.6 Å². The maximum atomic E-state index is 13.4. The van der Waals surface area contributed by atoms with Gasteiger partial charge in [0.25, 0.3) is 0 Å². The molecule has 2 unspecified atom stereocenters. The van der Waals surface area contributed by atoms with Crippen LogP contribution in [0, 0.1) is 5.92 Å². The fraction of sp³-hybridized carbons (Fsp3) is 0.419. The first-order valence-electron chi connectivity index (χ1n) is 14.1. The summed E-state index contributed by atoms with van der Waals surface area (Å²) < 4.78 is 15.1. The fourth-order valence-corrected chi connectivity index (χ4v) is 6.84. The average Bonchev–Trinajstić information content (AvgIpc) is 3.58. The van der Waals surface area contributed by atoms with E-state index in [1.165, 1.54) is 22.1 Å². The summed E-state index contributed by atoms with van der Waals surface area (Å²) in [6.07, 6.45) is 17.4. The van der Waals surface area contributed by atoms with Crippen molar-refractivity contribution in [3.8, 4) is 0 Å². The van der Waals surface area contributed by atoms with Crippen molar-refractivity contribution in [1.82, 2.24) is 25.5 Å². The molecule has 4 aliphatic rings. The third-order valence-electron chi connectivity index (χ3n) is 8.18. The molecule has 8 nitrogen and oxygen atoms in total. The van der Waals surface area contributed by atoms with Crippen LogP contribution in [0.15, 0.2) is 86.9 Å². The molecule has 0 saturated heterocycles. The van der Waals surface area contributed by atoms with Crippen molar-refractivity contribution in [3.05, 3.63) is 98.9 Å². The second-order valence-corrected chi connectivity index (χ2v) is 12.2. The molecule has 3 aliphatic heterocycles. The average molecular weight is 579 g/mol. The standard InChI is InChI=1S/C31H39FN6O2S/c1-5-21(32)10-8-18(2)19(3)36-30(39)23-7-6-14-33-29(23)35-16-22-11-13-27(41-22)20-9-12-25-24(15-20)28-26(17-34-25)37-31(40)38(28)4/h5-11,14-15,19,23,25,27,29-30,34-36,39H,1,12-13,16-17H2,2-4H3,(H,37,40)/b18-8+,21-10+/t19-,23?,25-,27?,29+,30-/m0/s1. The molecule has 4 heterocycles. The summed E-state index contributed by atoms with van der Waals surface area (Å²) >= 11 is 1.86. The Morgan fingerprint density at radius 1 is 1.37 bits per heavy atom. The number of nitrogens with one attached hydrogen (secondary N) is 4. The monoisotopic (exact) mass is 578 g/mol. The van der Waals surface area contributed by atoms with Crippen LogP contribution in [0.5, 0.6) is 0 Å². The van der Waals surface area contributed by atoms with Crippen LogP contribution in [0.2, 0.25) is 0 Å². The molecule has 0 radical (unpaired) electrons. The Bertz CT molecular complexity index is 1440. The molecule has 1 aromatic heterocycles. The predicted octanol–water partition coefficient (Wildman–Crippen LogP) is 3.74. The van der Waals surface area contributed by atoms with Gasteiger partial charge in [-0.2, -0.15) is 0 Å². The summed E-state index contributed by atoms with van der Waals surface area (Å²) in [5.74, 6) is -0.664. The summed E-state index contributed by atoms with van der Waals surface area (Å²) in [5, 5.41) is 21.6. The Morgan fingerprint density at radius 2 is 2.20 bits per heavy atom. The number of nitrogens with zero attached hydrogens (tertiary/aromatic N) is 2. The number of dihydropyridines is 1. The van der Waals surface area contributed by atoms with E-state index in [-0.39, 0.29) is 29.9 Å². The van der Waals surface area contributed by atoms with Crippen molar-refractivity contribution >= 4 is 23.5 Å². The van der Waals surface area contributed by atoms with Gasteiger partial charge in [0.2, 0.25) is 0 Å². The number of aromatic amines is 1. The van der Waals surface area contributed by atoms with Gasteiger partial charge in [-0.3, -0.25) is 20.2 Å². The highest BCUT2D eigenvalue weighted by Gasteiger charge is 2.32. The maximum Gasteiger partial charge on any atom is 0.325 e. The molecular weight excluding hydrogens is 539 g/mol. The van der Waals surface area contributed by atoms with E-state index in [2.05, 4.69) is 50.7 Å². The molecule has 10 heteroatoms. The minimum absolute atomic E-state index is 0.0734. The van der Waals surface area contributed by atoms with Gasteiger partial charge in [0.05, 0.1) is 17.3 Å². The molecule has 0 bridgehead atoms. The van der Waals surface area contributed by atoms with Crippen molar-refractivity contribution in [2.75, 3.05) is 6.54 Å². The molecule has 0 amide bonds. The highest BCUT2D eigenvalue weighted by molar-refractivity contribution is 8.04. The highest BCUT2D eigenvalue weighted by atomic mass is 32.2. The number of aliphatic hydroxyl groups is 1. The van der Waals surface area contributed by atoms with Gasteiger partial charge in [0.15, 0.2) is 0 Å². The Labute approximate surface area is 244 Å². The van der Waals surface area contributed by atoms with Crippen LogP contribution in [0.4, 0.5) is 4.39 Å². The van der Waals surface area contributed by atoms with Crippen molar-refractivity contribution in [2.45, 2.75) is 63.0 Å². The number of allylic oxidation sites excluding steroid dienone is 7. The summed E-state index contributed by atoms with van der Waals surface area (Å²) in [7, 11) is 1.83. The Balaban J connectivity index is 1.17. The number of aliphatic hydroxyl groups excluding tert-OH is 1. The maximum absolute atomic E-state index is 13.4. The molecule has 0 aromatic carbocycles. The Morgan fingerprint density at radius 3 is 3.00 bits per heavy atom. The summed E-state index contributed by atoms with van der Waals surface area (Å²) in [6, 6.07) is 0.0726. The molecule has 41 heavy (non-hydrogen) atoms. The van der Waals surface area contributed by atoms with Crippen LogP contribution in [0.3, 0.4) is 0 Å². The van der Waals surface area contributed by atoms with E-state index in [4.69, 9.17) is 0 Å². The number of thioether (sulfide) groups is 1. The van der Waals surface area contributed by atoms with Crippen LogP contribution in [-0.2, 0) is 13.6 Å². The van der Waals surface area contributed by atoms with Gasteiger partial charge >= 0.3 is 5.69 Å². The van der Waals surface area contributed by atoms with E-state index in [1.54, 1.807) is 16.9 Å². The van der Waals surface area contributed by atoms with Crippen LogP contribution in [-0.4, -0.2) is 57.1 Å². The molecule has 218 valence electrons. The summed E-state index contributed by atoms with van der Waals surface area (Å²) in [4.78, 5) is 21.1. The fourth-order valence-electron chi connectivity index (χ4n) is 5.62. The van der Waals surface area contributed by atoms with Gasteiger partial charge in [-0.25, -0.2) is 9.18 Å². The third-order valence-corrected chi connectivity index (χ3v) is 9.54. The number of H-pyrrole nitrogens is 1. The normalized spacial score (nSPS) is 27.5. The van der Waals surface area contributed by atoms with Crippen LogP contribution in [0.25, 0.3) is 5.57 Å². The zero-order chi connectivity index (χ0) is 29.1. The number of rotatable bonds is 10. The number of hydrogen-bond acceptors (Lipinski definition) is 7. The zero-order valence-corrected chi connectivity index (χ0v) is 24.5. The van der Waals surface area contributed by atoms with Crippen molar-refractivity contribution < 1.29 is 9.50 Å². The smallest absolute Gasteiger partial charge is 0.325 e. The summed E-state index contributed by atoms with van der Waals surface area (Å²) in [6.45, 7) is 8.58. The molecule has 5 rings (SSSR count). The van der Waals surface area contributed by atoms with E-state index >= 15 is 0 Å². The van der Waals surface area contributed by atoms with E-state index in [1.807, 2.05) is 44.8 Å². The van der Waals surface area contributed by atoms with E-state index in [0.29, 0.717) is 18.3 Å². The number of halogens is 1. The predicted molar refractivity (Wildman–Crippen MR) is 166 cm³/mol. The van der Waals surface area contributed by atoms with Crippen molar-refractivity contribution in [2.24, 2.45) is 18.0 Å². The zero-order valence-electron chi connectivity index (χ0n) is 23.7. The quantitative estimate of drug-likeness (QED) is 0.214. The van der Waals surface area contributed by atoms with E-state index in [9.17, 15) is 14.3 Å². The van der Waals surface area contributed by atoms with E-state index in [0.717, 1.165) is 35.9 Å². The van der Waals surface area contributed by atoms with Gasteiger partial charge in [-0.15, -0.1) is 11.8 Å². The first-order valence-corrected chi connectivity index (χ1v) is 15.0. The van der Waals surface area contributed by atoms with Gasteiger partial charge in [-0.05, 0) is 61.0 Å². The van der Waals surface area contributed by atoms with Gasteiger partial charge in [0, 0.05) is 43.7 Å². The lowest BCUT2D eigenvalue weighted by atomic mass is 9.87. The number of aromatic nitrogens is 2. The second-order valence-electron chi connectivity index (χ2n) is 10.9. The minimum atomic E-state index is -0.837. The number of fused-ring (bicyclic) bond motifs is 3. The number of hydrogen-bond donors (Lipinski definition) is 5. The lowest BCUT2D eigenvalue weighted by Crippen LogP contribution is -2.49. The van der Waals surface area contributed by atoms with Gasteiger partial charge in [-0.1, -0.05) is 42.5 Å². The molecule has 0 saturated carbocycles. The van der Waals surface area contributed by atoms with Gasteiger partial charge in [0.1, 0.15) is 18.2 Å². The third kappa shape index (κ3) is 6.57. The molecule has 0 fully saturated rings. The Kier molecular flexibility index (Phi) is 9.25. The van der Waals surface area contributed by atoms with Crippen molar-refractivity contribution in [3.63, 3.8) is 0 Å². The highest BCUT2D eigenvalue weighted by Crippen LogP contribution is 2.41. The van der Waals surface area contributed by atoms with Crippen LogP contribution in [0.1, 0.15) is 38.1 Å². The summed E-state index contributed by atoms with van der Waals surface area (Å²) in [5.41, 5.74) is 5.28. The molecular formula is C31H39FN6O2S. The molecule has 6 atom stereocenters. The molecule has 0 spiro atoms. The SMILES string of the molecule is C=C/C(F)=C\C=C(/C)[C@H](C)N[C@@H](O)C1C=CC=N[C@@H]1NCC1=CCC(C2=CC[C@@H]3NCc4[nH]c(=O)n(C)c4C3=C2)S1. The number of imidazole rings is 1. The van der Waals surface area contributed by atoms with Crippen molar-refractivity contribution in [1.29, 1.82) is 0 Å². The first-order chi connectivity index (χ1) is 19.7. The lowest BCUT2D eigenvalue weighted by molar-refractivity contribution is 0.0722. The molecule has 1 aliphatic carbocycles. The Hall–Kier alpha value is -3.02. The lowest BCUT2D eigenvalue weighted by Gasteiger charge is -2.31. The largest absolute Gasteiger partial charge is 0.378 e. The molecule has 1 aromatic rings. The van der Waals surface area contributed by atoms with Gasteiger partial charge < -0.3 is 15.4 Å².